The quantitative estimate of drug-likeness (QED) is 0.602. The monoisotopic (exact) mass is 242 g/mol. The number of hydrogen-bond acceptors (Lipinski definition) is 3. The fourth-order valence-corrected chi connectivity index (χ4v) is 1.82. The molecule has 0 fully saturated rings. The van der Waals surface area contributed by atoms with Gasteiger partial charge in [0.25, 0.3) is 0 Å². The number of aryl methyl sites for hydroxylation is 1. The van der Waals surface area contributed by atoms with Gasteiger partial charge in [0.2, 0.25) is 0 Å². The first-order valence-corrected chi connectivity index (χ1v) is 5.58. The zero-order valence-electron chi connectivity index (χ0n) is 9.67. The maximum absolute atomic E-state index is 11.7. The lowest BCUT2D eigenvalue weighted by Gasteiger charge is -2.11. The second kappa shape index (κ2) is 5.75. The summed E-state index contributed by atoms with van der Waals surface area (Å²) in [5, 5.41) is 0. The second-order valence-corrected chi connectivity index (χ2v) is 3.59. The van der Waals surface area contributed by atoms with Gasteiger partial charge in [0, 0.05) is 5.88 Å². The minimum atomic E-state index is -0.361. The Balaban J connectivity index is 3.22. The molecule has 88 valence electrons. The van der Waals surface area contributed by atoms with E-state index in [0.29, 0.717) is 17.9 Å². The van der Waals surface area contributed by atoms with Crippen LogP contribution in [0.15, 0.2) is 12.1 Å². The third-order valence-corrected chi connectivity index (χ3v) is 2.58. The molecule has 1 aromatic rings. The maximum atomic E-state index is 11.7. The average molecular weight is 243 g/mol. The van der Waals surface area contributed by atoms with Crippen LogP contribution in [0.3, 0.4) is 0 Å². The highest BCUT2D eigenvalue weighted by molar-refractivity contribution is 6.17. The molecule has 0 saturated heterocycles. The molecular formula is C12H15ClO3. The highest BCUT2D eigenvalue weighted by atomic mass is 35.5. The lowest BCUT2D eigenvalue weighted by atomic mass is 10.0. The predicted octanol–water partition coefficient (Wildman–Crippen LogP) is 2.92. The van der Waals surface area contributed by atoms with E-state index < -0.39 is 0 Å². The van der Waals surface area contributed by atoms with Gasteiger partial charge in [0.15, 0.2) is 0 Å². The summed E-state index contributed by atoms with van der Waals surface area (Å²) in [6.45, 7) is 4.01. The van der Waals surface area contributed by atoms with Crippen LogP contribution in [0.25, 0.3) is 0 Å². The molecule has 4 heteroatoms. The first-order chi connectivity index (χ1) is 7.63. The topological polar surface area (TPSA) is 35.5 Å². The fraction of sp³-hybridized carbons (Fsp3) is 0.417. The molecule has 0 radical (unpaired) electrons. The third-order valence-electron chi connectivity index (χ3n) is 2.31. The average Bonchev–Trinajstić information content (AvgIpc) is 2.28. The first kappa shape index (κ1) is 12.8. The van der Waals surface area contributed by atoms with Gasteiger partial charge in [-0.2, -0.15) is 0 Å². The van der Waals surface area contributed by atoms with Crippen molar-refractivity contribution in [2.75, 3.05) is 13.7 Å². The number of ether oxygens (including phenoxy) is 2. The molecule has 0 atom stereocenters. The maximum Gasteiger partial charge on any atom is 0.338 e. The number of benzene rings is 1. The van der Waals surface area contributed by atoms with E-state index in [9.17, 15) is 4.79 Å². The van der Waals surface area contributed by atoms with E-state index in [0.717, 1.165) is 11.1 Å². The SMILES string of the molecule is CCOC(=O)c1cc(OC)cc(C)c1CCl. The third kappa shape index (κ3) is 2.67. The van der Waals surface area contributed by atoms with E-state index >= 15 is 0 Å². The number of hydrogen-bond donors (Lipinski definition) is 0. The number of halogens is 1. The smallest absolute Gasteiger partial charge is 0.338 e. The summed E-state index contributed by atoms with van der Waals surface area (Å²) in [5.41, 5.74) is 2.20. The van der Waals surface area contributed by atoms with Crippen LogP contribution in [0.4, 0.5) is 0 Å². The van der Waals surface area contributed by atoms with E-state index in [1.165, 1.54) is 0 Å². The molecule has 0 saturated carbocycles. The van der Waals surface area contributed by atoms with Gasteiger partial charge in [-0.05, 0) is 37.1 Å². The molecule has 0 spiro atoms. The van der Waals surface area contributed by atoms with Crippen LogP contribution in [0.5, 0.6) is 5.75 Å². The predicted molar refractivity (Wildman–Crippen MR) is 63.2 cm³/mol. The van der Waals surface area contributed by atoms with Gasteiger partial charge < -0.3 is 9.47 Å². The summed E-state index contributed by atoms with van der Waals surface area (Å²) < 4.78 is 10.1. The number of carbonyl (C=O) groups is 1. The molecule has 1 rings (SSSR count). The van der Waals surface area contributed by atoms with Gasteiger partial charge in [0.1, 0.15) is 5.75 Å². The molecule has 0 aliphatic rings. The molecular weight excluding hydrogens is 228 g/mol. The van der Waals surface area contributed by atoms with E-state index in [1.54, 1.807) is 20.1 Å². The van der Waals surface area contributed by atoms with Crippen molar-refractivity contribution >= 4 is 17.6 Å². The molecule has 3 nitrogen and oxygen atoms in total. The standard InChI is InChI=1S/C12H15ClO3/c1-4-16-12(14)10-6-9(15-3)5-8(2)11(10)7-13/h5-6H,4,7H2,1-3H3. The van der Waals surface area contributed by atoms with Gasteiger partial charge in [-0.3, -0.25) is 0 Å². The van der Waals surface area contributed by atoms with Crippen LogP contribution in [0, 0.1) is 6.92 Å². The van der Waals surface area contributed by atoms with Gasteiger partial charge in [0.05, 0.1) is 19.3 Å². The van der Waals surface area contributed by atoms with Crippen LogP contribution >= 0.6 is 11.6 Å². The second-order valence-electron chi connectivity index (χ2n) is 3.32. The van der Waals surface area contributed by atoms with Crippen molar-refractivity contribution in [1.29, 1.82) is 0 Å². The van der Waals surface area contributed by atoms with Crippen molar-refractivity contribution in [3.8, 4) is 5.75 Å². The first-order valence-electron chi connectivity index (χ1n) is 5.04. The van der Waals surface area contributed by atoms with E-state index in [1.807, 2.05) is 13.0 Å². The summed E-state index contributed by atoms with van der Waals surface area (Å²) in [6, 6.07) is 3.50. The highest BCUT2D eigenvalue weighted by Crippen LogP contribution is 2.24. The van der Waals surface area contributed by atoms with E-state index in [4.69, 9.17) is 21.1 Å². The molecule has 0 N–H and O–H groups in total. The van der Waals surface area contributed by atoms with E-state index in [2.05, 4.69) is 0 Å². The van der Waals surface area contributed by atoms with Gasteiger partial charge in [-0.15, -0.1) is 11.6 Å². The summed E-state index contributed by atoms with van der Waals surface area (Å²) in [7, 11) is 1.56. The Kier molecular flexibility index (Phi) is 4.62. The number of alkyl halides is 1. The fourth-order valence-electron chi connectivity index (χ4n) is 1.47. The summed E-state index contributed by atoms with van der Waals surface area (Å²) in [6.07, 6.45) is 0. The van der Waals surface area contributed by atoms with Gasteiger partial charge in [-0.25, -0.2) is 4.79 Å². The molecule has 16 heavy (non-hydrogen) atoms. The van der Waals surface area contributed by atoms with Crippen molar-refractivity contribution in [2.24, 2.45) is 0 Å². The number of rotatable bonds is 4. The Morgan fingerprint density at radius 2 is 2.12 bits per heavy atom. The zero-order valence-corrected chi connectivity index (χ0v) is 10.4. The Bertz CT molecular complexity index is 388. The minimum absolute atomic E-state index is 0.282. The lowest BCUT2D eigenvalue weighted by Crippen LogP contribution is -2.09. The molecule has 0 heterocycles. The molecule has 0 unspecified atom stereocenters. The Hall–Kier alpha value is -1.22. The van der Waals surface area contributed by atoms with Crippen molar-refractivity contribution in [1.82, 2.24) is 0 Å². The van der Waals surface area contributed by atoms with Crippen molar-refractivity contribution < 1.29 is 14.3 Å². The molecule has 0 bridgehead atoms. The van der Waals surface area contributed by atoms with Crippen molar-refractivity contribution in [3.63, 3.8) is 0 Å². The van der Waals surface area contributed by atoms with Gasteiger partial charge in [-0.1, -0.05) is 0 Å². The van der Waals surface area contributed by atoms with Crippen LogP contribution in [-0.4, -0.2) is 19.7 Å². The number of methoxy groups -OCH3 is 1. The van der Waals surface area contributed by atoms with Crippen molar-refractivity contribution in [2.45, 2.75) is 19.7 Å². The largest absolute Gasteiger partial charge is 0.497 e. The Morgan fingerprint density at radius 3 is 2.62 bits per heavy atom. The Morgan fingerprint density at radius 1 is 1.44 bits per heavy atom. The lowest BCUT2D eigenvalue weighted by molar-refractivity contribution is 0.0525. The zero-order chi connectivity index (χ0) is 12.1. The number of carbonyl (C=O) groups excluding carboxylic acids is 1. The minimum Gasteiger partial charge on any atom is -0.497 e. The van der Waals surface area contributed by atoms with Crippen LogP contribution < -0.4 is 4.74 Å². The van der Waals surface area contributed by atoms with Crippen LogP contribution in [0.1, 0.15) is 28.4 Å². The molecule has 0 aliphatic heterocycles. The molecule has 0 aromatic heterocycles. The Labute approximate surface area is 100 Å². The van der Waals surface area contributed by atoms with Crippen LogP contribution in [-0.2, 0) is 10.6 Å². The van der Waals surface area contributed by atoms with Crippen molar-refractivity contribution in [3.05, 3.63) is 28.8 Å². The summed E-state index contributed by atoms with van der Waals surface area (Å²) in [4.78, 5) is 11.7. The molecule has 0 amide bonds. The number of esters is 1. The molecule has 1 aromatic carbocycles. The molecule has 0 aliphatic carbocycles. The summed E-state index contributed by atoms with van der Waals surface area (Å²) >= 11 is 5.83. The van der Waals surface area contributed by atoms with E-state index in [-0.39, 0.29) is 11.8 Å². The van der Waals surface area contributed by atoms with Crippen LogP contribution in [0.2, 0.25) is 0 Å². The van der Waals surface area contributed by atoms with Gasteiger partial charge >= 0.3 is 5.97 Å². The normalized spacial score (nSPS) is 10.0. The summed E-state index contributed by atoms with van der Waals surface area (Å²) in [5.74, 6) is 0.554. The highest BCUT2D eigenvalue weighted by Gasteiger charge is 2.15.